The summed E-state index contributed by atoms with van der Waals surface area (Å²) in [5, 5.41) is 15.6. The Bertz CT molecular complexity index is 1170. The second kappa shape index (κ2) is 10.8. The first-order chi connectivity index (χ1) is 16.5. The van der Waals surface area contributed by atoms with Crippen LogP contribution in [0.15, 0.2) is 22.8 Å². The number of carboxylic acids is 1. The Kier molecular flexibility index (Phi) is 7.56. The number of nitrogens with zero attached hydrogens (tertiary/aromatic N) is 5. The number of fused-ring (bicyclic) bond motifs is 1. The topological polar surface area (TPSA) is 150 Å². The van der Waals surface area contributed by atoms with Crippen LogP contribution >= 0.6 is 0 Å². The minimum Gasteiger partial charge on any atom is -0.480 e. The van der Waals surface area contributed by atoms with Crippen molar-refractivity contribution < 1.29 is 18.3 Å². The van der Waals surface area contributed by atoms with Crippen LogP contribution in [0.25, 0.3) is 0 Å². The molecule has 0 spiro atoms. The number of piperidine rings is 1. The molecule has 12 heteroatoms. The summed E-state index contributed by atoms with van der Waals surface area (Å²) in [6.45, 7) is 4.41. The fourth-order valence-electron chi connectivity index (χ4n) is 4.58. The fourth-order valence-corrected chi connectivity index (χ4v) is 4.95. The second-order valence-corrected chi connectivity index (χ2v) is 9.12. The smallest absolute Gasteiger partial charge is 0.331 e. The average molecular weight is 488 g/mol. The van der Waals surface area contributed by atoms with E-state index in [1.165, 1.54) is 11.9 Å². The van der Waals surface area contributed by atoms with Crippen molar-refractivity contribution in [3.63, 3.8) is 0 Å². The fraction of sp³-hybridized carbons (Fsp3) is 0.545. The lowest BCUT2D eigenvalue weighted by Gasteiger charge is -2.34. The quantitative estimate of drug-likeness (QED) is 0.505. The molecule has 0 aliphatic carbocycles. The molecule has 11 nitrogen and oxygen atoms in total. The van der Waals surface area contributed by atoms with Crippen LogP contribution in [-0.2, 0) is 28.1 Å². The molecule has 0 aromatic carbocycles. The Labute approximate surface area is 199 Å². The number of hydrogen-bond donors (Lipinski definition) is 3. The van der Waals surface area contributed by atoms with E-state index in [9.17, 15) is 18.3 Å². The number of carbonyl (C=O) groups is 1. The minimum atomic E-state index is -2.81. The molecule has 0 unspecified atom stereocenters. The van der Waals surface area contributed by atoms with Crippen LogP contribution in [0.4, 0.5) is 17.5 Å². The average Bonchev–Trinajstić information content (AvgIpc) is 2.85. The van der Waals surface area contributed by atoms with E-state index in [1.54, 1.807) is 0 Å². The molecule has 4 heterocycles. The molecule has 0 radical (unpaired) electrons. The summed E-state index contributed by atoms with van der Waals surface area (Å²) < 4.78 is 24.8. The van der Waals surface area contributed by atoms with Gasteiger partial charge in [-0.05, 0) is 43.7 Å². The van der Waals surface area contributed by atoms with Crippen molar-refractivity contribution in [1.82, 2.24) is 15.0 Å². The summed E-state index contributed by atoms with van der Waals surface area (Å²) in [5.74, 6) is 1.40. The van der Waals surface area contributed by atoms with Crippen molar-refractivity contribution in [2.75, 3.05) is 41.7 Å². The predicted octanol–water partition coefficient (Wildman–Crippen LogP) is 2.10. The molecule has 0 amide bonds. The first-order valence-electron chi connectivity index (χ1n) is 11.6. The number of nitrogens with one attached hydrogen (secondary N) is 2. The third-order valence-corrected chi connectivity index (χ3v) is 6.79. The monoisotopic (exact) mass is 487 g/mol. The van der Waals surface area contributed by atoms with Gasteiger partial charge in [0.05, 0.1) is 6.54 Å². The van der Waals surface area contributed by atoms with Crippen molar-refractivity contribution >= 4 is 33.9 Å². The van der Waals surface area contributed by atoms with Gasteiger partial charge in [-0.25, -0.2) is 19.7 Å². The van der Waals surface area contributed by atoms with Crippen molar-refractivity contribution in [3.05, 3.63) is 35.3 Å². The first kappa shape index (κ1) is 23.9. The minimum absolute atomic E-state index is 0.188. The molecule has 1 atom stereocenters. The molecule has 182 valence electrons. The van der Waals surface area contributed by atoms with E-state index in [0.717, 1.165) is 68.2 Å². The number of anilines is 3. The third kappa shape index (κ3) is 5.44. The van der Waals surface area contributed by atoms with Crippen molar-refractivity contribution in [3.8, 4) is 0 Å². The lowest BCUT2D eigenvalue weighted by Crippen LogP contribution is -2.35. The molecule has 4 rings (SSSR count). The summed E-state index contributed by atoms with van der Waals surface area (Å²) in [6, 6.07) is 2.94. The van der Waals surface area contributed by atoms with E-state index in [0.29, 0.717) is 18.2 Å². The number of carboxylic acid groups (broad SMARTS) is 1. The van der Waals surface area contributed by atoms with Crippen LogP contribution < -0.4 is 15.5 Å². The zero-order valence-corrected chi connectivity index (χ0v) is 19.9. The molecular formula is C22H29N7O4S. The molecule has 2 aliphatic rings. The zero-order valence-electron chi connectivity index (χ0n) is 19.1. The Hall–Kier alpha value is -3.28. The molecule has 0 saturated carbocycles. The highest BCUT2D eigenvalue weighted by atomic mass is 32.2. The maximum atomic E-state index is 11.3. The van der Waals surface area contributed by atoms with Crippen molar-refractivity contribution in [2.24, 2.45) is 4.36 Å². The largest absolute Gasteiger partial charge is 0.480 e. The van der Waals surface area contributed by atoms with Gasteiger partial charge in [0.1, 0.15) is 23.8 Å². The van der Waals surface area contributed by atoms with Gasteiger partial charge >= 0.3 is 16.5 Å². The number of aromatic nitrogens is 3. The highest BCUT2D eigenvalue weighted by Crippen LogP contribution is 2.33. The van der Waals surface area contributed by atoms with Crippen LogP contribution in [0.1, 0.15) is 48.9 Å². The van der Waals surface area contributed by atoms with E-state index < -0.39 is 22.5 Å². The van der Waals surface area contributed by atoms with Crippen molar-refractivity contribution in [2.45, 2.75) is 51.0 Å². The van der Waals surface area contributed by atoms with Gasteiger partial charge in [0.2, 0.25) is 0 Å². The molecule has 1 fully saturated rings. The normalized spacial score (nSPS) is 16.8. The van der Waals surface area contributed by atoms with Gasteiger partial charge in [0.15, 0.2) is 6.04 Å². The number of aryl methyl sites for hydroxylation is 1. The predicted molar refractivity (Wildman–Crippen MR) is 128 cm³/mol. The van der Waals surface area contributed by atoms with Crippen LogP contribution in [0.5, 0.6) is 0 Å². The molecule has 0 bridgehead atoms. The maximum Gasteiger partial charge on any atom is 0.331 e. The lowest BCUT2D eigenvalue weighted by molar-refractivity contribution is -0.138. The molecule has 1 saturated heterocycles. The number of aliphatic carboxylic acids is 1. The van der Waals surface area contributed by atoms with Gasteiger partial charge in [-0.15, -0.1) is 0 Å². The summed E-state index contributed by atoms with van der Waals surface area (Å²) in [4.78, 5) is 27.2. The van der Waals surface area contributed by atoms with Gasteiger partial charge in [0, 0.05) is 36.8 Å². The Morgan fingerprint density at radius 1 is 1.32 bits per heavy atom. The number of hydrogen-bond acceptors (Lipinski definition) is 10. The second-order valence-electron chi connectivity index (χ2n) is 8.47. The van der Waals surface area contributed by atoms with Gasteiger partial charge in [-0.2, -0.15) is 12.8 Å². The first-order valence-corrected chi connectivity index (χ1v) is 12.6. The summed E-state index contributed by atoms with van der Waals surface area (Å²) in [7, 11) is -2.81. The zero-order chi connectivity index (χ0) is 24.1. The molecule has 2 aromatic rings. The standard InChI is InChI=1S/C22H29N7O4S/c1-2-16-20(24-12-18(22(30)31)28-34(32)33)25-13-26-21(16)29-10-7-14(8-11-29)17-6-5-15-4-3-9-23-19(15)27-17/h5-6,13-14,18H,2-4,7-12H2,1H3,(H,23,27)(H,30,31)(H,24,25,26)/t18-/m1/s1. The van der Waals surface area contributed by atoms with Gasteiger partial charge in [-0.1, -0.05) is 13.0 Å². The van der Waals surface area contributed by atoms with Gasteiger partial charge in [-0.3, -0.25) is 0 Å². The third-order valence-electron chi connectivity index (χ3n) is 6.37. The highest BCUT2D eigenvalue weighted by Gasteiger charge is 2.26. The Morgan fingerprint density at radius 3 is 2.82 bits per heavy atom. The van der Waals surface area contributed by atoms with E-state index in [2.05, 4.69) is 42.0 Å². The summed E-state index contributed by atoms with van der Waals surface area (Å²) in [5.41, 5.74) is 3.29. The molecular weight excluding hydrogens is 458 g/mol. The molecule has 34 heavy (non-hydrogen) atoms. The molecule has 2 aromatic heterocycles. The molecule has 2 aliphatic heterocycles. The van der Waals surface area contributed by atoms with Crippen LogP contribution in [0, 0.1) is 0 Å². The summed E-state index contributed by atoms with van der Waals surface area (Å²) >= 11 is 0. The summed E-state index contributed by atoms with van der Waals surface area (Å²) in [6.07, 6.45) is 6.21. The lowest BCUT2D eigenvalue weighted by atomic mass is 9.92. The van der Waals surface area contributed by atoms with Gasteiger partial charge < -0.3 is 20.6 Å². The van der Waals surface area contributed by atoms with Crippen LogP contribution in [-0.4, -0.2) is 66.7 Å². The Balaban J connectivity index is 1.45. The van der Waals surface area contributed by atoms with E-state index in [4.69, 9.17) is 4.98 Å². The van der Waals surface area contributed by atoms with Crippen LogP contribution in [0.2, 0.25) is 0 Å². The van der Waals surface area contributed by atoms with Crippen molar-refractivity contribution in [1.29, 1.82) is 0 Å². The SMILES string of the molecule is CCc1c(NC[C@@H](N=S(=O)=O)C(=O)O)ncnc1N1CCC(c2ccc3c(n2)NCCC3)CC1. The van der Waals surface area contributed by atoms with Crippen LogP contribution in [0.3, 0.4) is 0 Å². The van der Waals surface area contributed by atoms with E-state index >= 15 is 0 Å². The number of rotatable bonds is 8. The molecule has 3 N–H and O–H groups in total. The van der Waals surface area contributed by atoms with Gasteiger partial charge in [0.25, 0.3) is 0 Å². The van der Waals surface area contributed by atoms with E-state index in [-0.39, 0.29) is 6.54 Å². The highest BCUT2D eigenvalue weighted by molar-refractivity contribution is 7.61. The number of pyridine rings is 1. The maximum absolute atomic E-state index is 11.3. The Morgan fingerprint density at radius 2 is 2.12 bits per heavy atom. The van der Waals surface area contributed by atoms with E-state index in [1.807, 2.05) is 6.92 Å².